The first-order valence-electron chi connectivity index (χ1n) is 13.2. The lowest BCUT2D eigenvalue weighted by Gasteiger charge is -2.28. The van der Waals surface area contributed by atoms with Gasteiger partial charge in [0, 0.05) is 26.8 Å². The molecular weight excluding hydrogens is 532 g/mol. The van der Waals surface area contributed by atoms with E-state index >= 15 is 0 Å². The predicted octanol–water partition coefficient (Wildman–Crippen LogP) is 4.52. The number of carbonyl (C=O) groups excluding carboxylic acids is 1. The SMILES string of the molecule is COCCCN(CC(=O)N(CCc1ccc(OC)c(OC)c1)Cc1ccco1)S(=O)(=O)c1c(C)cc(C)cc1C. The number of aryl methyl sites for hydroxylation is 3. The van der Waals surface area contributed by atoms with Crippen LogP contribution in [0.1, 0.15) is 34.4 Å². The zero-order valence-electron chi connectivity index (χ0n) is 24.2. The summed E-state index contributed by atoms with van der Waals surface area (Å²) in [6.07, 6.45) is 2.53. The van der Waals surface area contributed by atoms with E-state index in [0.29, 0.717) is 54.4 Å². The molecule has 0 bridgehead atoms. The van der Waals surface area contributed by atoms with Crippen LogP contribution in [0, 0.1) is 20.8 Å². The Morgan fingerprint density at radius 1 is 0.925 bits per heavy atom. The van der Waals surface area contributed by atoms with E-state index in [1.807, 2.05) is 37.3 Å². The number of methoxy groups -OCH3 is 3. The minimum absolute atomic E-state index is 0.152. The second-order valence-corrected chi connectivity index (χ2v) is 11.6. The predicted molar refractivity (Wildman–Crippen MR) is 153 cm³/mol. The van der Waals surface area contributed by atoms with Crippen LogP contribution in [0.5, 0.6) is 11.5 Å². The van der Waals surface area contributed by atoms with E-state index in [0.717, 1.165) is 11.1 Å². The Bertz CT molecular complexity index is 1350. The molecule has 40 heavy (non-hydrogen) atoms. The Morgan fingerprint density at radius 3 is 2.23 bits per heavy atom. The number of carbonyl (C=O) groups is 1. The summed E-state index contributed by atoms with van der Waals surface area (Å²) in [4.78, 5) is 15.6. The van der Waals surface area contributed by atoms with E-state index in [2.05, 4.69) is 0 Å². The van der Waals surface area contributed by atoms with Crippen LogP contribution in [0.2, 0.25) is 0 Å². The van der Waals surface area contributed by atoms with Crippen molar-refractivity contribution in [3.05, 3.63) is 76.7 Å². The van der Waals surface area contributed by atoms with Crippen LogP contribution in [-0.4, -0.2) is 71.1 Å². The number of hydrogen-bond acceptors (Lipinski definition) is 7. The van der Waals surface area contributed by atoms with Crippen LogP contribution in [0.3, 0.4) is 0 Å². The maximum absolute atomic E-state index is 13.9. The van der Waals surface area contributed by atoms with Crippen LogP contribution >= 0.6 is 0 Å². The Balaban J connectivity index is 1.88. The molecule has 1 amide bonds. The largest absolute Gasteiger partial charge is 0.493 e. The third kappa shape index (κ3) is 7.87. The Labute approximate surface area is 237 Å². The molecular formula is C30H40N2O7S. The fourth-order valence-electron chi connectivity index (χ4n) is 4.81. The van der Waals surface area contributed by atoms with Gasteiger partial charge in [-0.2, -0.15) is 4.31 Å². The standard InChI is InChI=1S/C30H40N2O7S/c1-22-17-23(2)30(24(3)18-22)40(34,35)32(13-8-15-36-4)21-29(33)31(20-26-9-7-16-39-26)14-12-25-10-11-27(37-5)28(19-25)38-6/h7,9-11,16-19H,8,12-15,20-21H2,1-6H3. The van der Waals surface area contributed by atoms with Gasteiger partial charge in [0.2, 0.25) is 15.9 Å². The fourth-order valence-corrected chi connectivity index (χ4v) is 6.65. The molecule has 3 rings (SSSR count). The average Bonchev–Trinajstić information content (AvgIpc) is 3.42. The minimum Gasteiger partial charge on any atom is -0.493 e. The van der Waals surface area contributed by atoms with Crippen molar-refractivity contribution in [1.29, 1.82) is 0 Å². The maximum Gasteiger partial charge on any atom is 0.244 e. The van der Waals surface area contributed by atoms with Gasteiger partial charge in [0.15, 0.2) is 11.5 Å². The van der Waals surface area contributed by atoms with Gasteiger partial charge in [-0.25, -0.2) is 8.42 Å². The summed E-state index contributed by atoms with van der Waals surface area (Å²) in [6, 6.07) is 12.9. The zero-order valence-corrected chi connectivity index (χ0v) is 25.0. The molecule has 0 saturated carbocycles. The summed E-state index contributed by atoms with van der Waals surface area (Å²) in [5, 5.41) is 0. The molecule has 0 fully saturated rings. The van der Waals surface area contributed by atoms with Gasteiger partial charge in [-0.05, 0) is 74.6 Å². The lowest BCUT2D eigenvalue weighted by molar-refractivity contribution is -0.132. The van der Waals surface area contributed by atoms with Crippen molar-refractivity contribution in [3.8, 4) is 11.5 Å². The van der Waals surface area contributed by atoms with Gasteiger partial charge in [-0.15, -0.1) is 0 Å². The molecule has 3 aromatic rings. The number of sulfonamides is 1. The third-order valence-corrected chi connectivity index (χ3v) is 8.82. The molecule has 1 aromatic heterocycles. The lowest BCUT2D eigenvalue weighted by Crippen LogP contribution is -2.44. The van der Waals surface area contributed by atoms with Crippen LogP contribution in [-0.2, 0) is 32.5 Å². The summed E-state index contributed by atoms with van der Waals surface area (Å²) >= 11 is 0. The molecule has 0 aliphatic carbocycles. The van der Waals surface area contributed by atoms with Crippen molar-refractivity contribution in [2.24, 2.45) is 0 Å². The van der Waals surface area contributed by atoms with Crippen LogP contribution in [0.15, 0.2) is 58.0 Å². The summed E-state index contributed by atoms with van der Waals surface area (Å²) in [5.74, 6) is 1.51. The number of hydrogen-bond donors (Lipinski definition) is 0. The molecule has 0 N–H and O–H groups in total. The molecule has 0 unspecified atom stereocenters. The van der Waals surface area contributed by atoms with Gasteiger partial charge < -0.3 is 23.5 Å². The summed E-state index contributed by atoms with van der Waals surface area (Å²) in [6.45, 7) is 6.30. The Kier molecular flexibility index (Phi) is 11.2. The second-order valence-electron chi connectivity index (χ2n) is 9.75. The van der Waals surface area contributed by atoms with Crippen LogP contribution in [0.25, 0.3) is 0 Å². The Hall–Kier alpha value is -3.34. The van der Waals surface area contributed by atoms with Gasteiger partial charge >= 0.3 is 0 Å². The average molecular weight is 573 g/mol. The number of rotatable bonds is 15. The normalized spacial score (nSPS) is 11.6. The molecule has 2 aromatic carbocycles. The molecule has 0 radical (unpaired) electrons. The number of amides is 1. The monoisotopic (exact) mass is 572 g/mol. The highest BCUT2D eigenvalue weighted by Gasteiger charge is 2.31. The zero-order chi connectivity index (χ0) is 29.3. The van der Waals surface area contributed by atoms with Crippen molar-refractivity contribution in [3.63, 3.8) is 0 Å². The van der Waals surface area contributed by atoms with Crippen LogP contribution < -0.4 is 9.47 Å². The molecule has 0 aliphatic rings. The van der Waals surface area contributed by atoms with Crippen molar-refractivity contribution in [1.82, 2.24) is 9.21 Å². The summed E-state index contributed by atoms with van der Waals surface area (Å²) in [5.41, 5.74) is 3.24. The van der Waals surface area contributed by atoms with E-state index in [1.54, 1.807) is 58.5 Å². The van der Waals surface area contributed by atoms with E-state index in [9.17, 15) is 13.2 Å². The highest BCUT2D eigenvalue weighted by Crippen LogP contribution is 2.28. The van der Waals surface area contributed by atoms with Crippen molar-refractivity contribution >= 4 is 15.9 Å². The van der Waals surface area contributed by atoms with Crippen molar-refractivity contribution in [2.45, 2.75) is 45.1 Å². The van der Waals surface area contributed by atoms with E-state index in [4.69, 9.17) is 18.6 Å². The van der Waals surface area contributed by atoms with E-state index < -0.39 is 10.0 Å². The van der Waals surface area contributed by atoms with Crippen molar-refractivity contribution in [2.75, 3.05) is 47.6 Å². The number of benzene rings is 2. The number of furan rings is 1. The first-order valence-corrected chi connectivity index (χ1v) is 14.6. The molecule has 10 heteroatoms. The van der Waals surface area contributed by atoms with Gasteiger partial charge in [-0.3, -0.25) is 4.79 Å². The van der Waals surface area contributed by atoms with Gasteiger partial charge in [0.05, 0.1) is 38.5 Å². The molecule has 0 aliphatic heterocycles. The highest BCUT2D eigenvalue weighted by molar-refractivity contribution is 7.89. The minimum atomic E-state index is -3.96. The van der Waals surface area contributed by atoms with Gasteiger partial charge in [-0.1, -0.05) is 23.8 Å². The second kappa shape index (κ2) is 14.3. The van der Waals surface area contributed by atoms with Crippen LogP contribution in [0.4, 0.5) is 0 Å². The smallest absolute Gasteiger partial charge is 0.244 e. The summed E-state index contributed by atoms with van der Waals surface area (Å²) in [7, 11) is 0.760. The third-order valence-electron chi connectivity index (χ3n) is 6.67. The van der Waals surface area contributed by atoms with Crippen molar-refractivity contribution < 1.29 is 31.8 Å². The number of nitrogens with zero attached hydrogens (tertiary/aromatic N) is 2. The fraction of sp³-hybridized carbons (Fsp3) is 0.433. The van der Waals surface area contributed by atoms with E-state index in [1.165, 1.54) is 4.31 Å². The molecule has 0 atom stereocenters. The Morgan fingerprint density at radius 2 is 1.62 bits per heavy atom. The summed E-state index contributed by atoms with van der Waals surface area (Å²) < 4.78 is 50.6. The first kappa shape index (κ1) is 31.2. The molecule has 0 spiro atoms. The molecule has 218 valence electrons. The highest BCUT2D eigenvalue weighted by atomic mass is 32.2. The van der Waals surface area contributed by atoms with E-state index in [-0.39, 0.29) is 30.4 Å². The molecule has 1 heterocycles. The first-order chi connectivity index (χ1) is 19.1. The van der Waals surface area contributed by atoms with Gasteiger partial charge in [0.25, 0.3) is 0 Å². The molecule has 9 nitrogen and oxygen atoms in total. The molecule has 0 saturated heterocycles. The quantitative estimate of drug-likeness (QED) is 0.247. The number of ether oxygens (including phenoxy) is 3. The lowest BCUT2D eigenvalue weighted by atomic mass is 10.1. The topological polar surface area (TPSA) is 98.5 Å². The van der Waals surface area contributed by atoms with Gasteiger partial charge in [0.1, 0.15) is 5.76 Å². The maximum atomic E-state index is 13.9.